The van der Waals surface area contributed by atoms with Crippen molar-refractivity contribution in [3.63, 3.8) is 0 Å². The number of carbonyl (C=O) groups excluding carboxylic acids is 1. The van der Waals surface area contributed by atoms with Gasteiger partial charge in [-0.2, -0.15) is 0 Å². The number of nitrogens with one attached hydrogen (secondary N) is 1. The summed E-state index contributed by atoms with van der Waals surface area (Å²) in [5.74, 6) is 0.135. The smallest absolute Gasteiger partial charge is 0.268 e. The van der Waals surface area contributed by atoms with Crippen LogP contribution in [-0.2, 0) is 11.3 Å². The highest BCUT2D eigenvalue weighted by molar-refractivity contribution is 6.32. The molecule has 2 aliphatic heterocycles. The first kappa shape index (κ1) is 25.8. The average molecular weight is 506 g/mol. The topological polar surface area (TPSA) is 35.6 Å². The summed E-state index contributed by atoms with van der Waals surface area (Å²) in [5.41, 5.74) is 5.55. The molecular formula is C30H33ClFN3O. The SMILES string of the molecule is C=C1C(Cl)=CC=CN1/C(C(=O)NCc1ccc(N2CCC(c3ccc(F)cc3)CC2)cc1)=C(\C)CC. The van der Waals surface area contributed by atoms with Gasteiger partial charge < -0.3 is 15.1 Å². The molecule has 36 heavy (non-hydrogen) atoms. The zero-order chi connectivity index (χ0) is 25.7. The van der Waals surface area contributed by atoms with Crippen LogP contribution in [0, 0.1) is 5.82 Å². The fourth-order valence-corrected chi connectivity index (χ4v) is 4.86. The van der Waals surface area contributed by atoms with E-state index in [-0.39, 0.29) is 11.7 Å². The number of benzene rings is 2. The molecule has 0 spiro atoms. The lowest BCUT2D eigenvalue weighted by Crippen LogP contribution is -2.33. The number of hydrogen-bond acceptors (Lipinski definition) is 3. The van der Waals surface area contributed by atoms with Crippen LogP contribution in [0.15, 0.2) is 95.5 Å². The lowest BCUT2D eigenvalue weighted by atomic mass is 9.89. The predicted octanol–water partition coefficient (Wildman–Crippen LogP) is 6.98. The summed E-state index contributed by atoms with van der Waals surface area (Å²) in [5, 5.41) is 3.58. The second-order valence-corrected chi connectivity index (χ2v) is 9.72. The van der Waals surface area contributed by atoms with Crippen LogP contribution in [0.2, 0.25) is 0 Å². The summed E-state index contributed by atoms with van der Waals surface area (Å²) in [4.78, 5) is 17.3. The maximum absolute atomic E-state index is 13.2. The van der Waals surface area contributed by atoms with Crippen molar-refractivity contribution in [1.82, 2.24) is 10.2 Å². The number of piperidine rings is 1. The van der Waals surface area contributed by atoms with Crippen LogP contribution in [0.1, 0.15) is 50.2 Å². The Bertz CT molecular complexity index is 1190. The van der Waals surface area contributed by atoms with E-state index in [2.05, 4.69) is 41.1 Å². The molecule has 2 heterocycles. The van der Waals surface area contributed by atoms with Gasteiger partial charge in [-0.3, -0.25) is 4.79 Å². The fourth-order valence-electron chi connectivity index (χ4n) is 4.70. The van der Waals surface area contributed by atoms with Crippen molar-refractivity contribution in [2.45, 2.75) is 45.6 Å². The van der Waals surface area contributed by atoms with E-state index in [0.717, 1.165) is 43.5 Å². The summed E-state index contributed by atoms with van der Waals surface area (Å²) in [6.07, 6.45) is 8.23. The van der Waals surface area contributed by atoms with Gasteiger partial charge >= 0.3 is 0 Å². The van der Waals surface area contributed by atoms with E-state index in [9.17, 15) is 9.18 Å². The summed E-state index contributed by atoms with van der Waals surface area (Å²) < 4.78 is 13.2. The number of anilines is 1. The van der Waals surface area contributed by atoms with Crippen molar-refractivity contribution in [3.8, 4) is 0 Å². The van der Waals surface area contributed by atoms with Crippen LogP contribution in [-0.4, -0.2) is 23.9 Å². The summed E-state index contributed by atoms with van der Waals surface area (Å²) in [7, 11) is 0. The van der Waals surface area contributed by atoms with Crippen molar-refractivity contribution in [1.29, 1.82) is 0 Å². The number of halogens is 2. The molecule has 0 bridgehead atoms. The molecule has 1 amide bonds. The lowest BCUT2D eigenvalue weighted by Gasteiger charge is -2.34. The molecule has 6 heteroatoms. The monoisotopic (exact) mass is 505 g/mol. The van der Waals surface area contributed by atoms with Gasteiger partial charge in [-0.1, -0.05) is 49.4 Å². The molecule has 2 aromatic carbocycles. The Labute approximate surface area is 218 Å². The van der Waals surface area contributed by atoms with Gasteiger partial charge in [0, 0.05) is 31.5 Å². The van der Waals surface area contributed by atoms with Gasteiger partial charge in [0.25, 0.3) is 5.91 Å². The molecule has 1 fully saturated rings. The van der Waals surface area contributed by atoms with Crippen molar-refractivity contribution in [2.75, 3.05) is 18.0 Å². The number of amides is 1. The molecule has 188 valence electrons. The van der Waals surface area contributed by atoms with Gasteiger partial charge in [0.15, 0.2) is 0 Å². The summed E-state index contributed by atoms with van der Waals surface area (Å²) in [6, 6.07) is 15.3. The summed E-state index contributed by atoms with van der Waals surface area (Å²) >= 11 is 6.25. The van der Waals surface area contributed by atoms with Crippen LogP contribution in [0.25, 0.3) is 0 Å². The molecule has 0 aromatic heterocycles. The van der Waals surface area contributed by atoms with Gasteiger partial charge in [-0.05, 0) is 85.2 Å². The molecular weight excluding hydrogens is 473 g/mol. The van der Waals surface area contributed by atoms with Crippen LogP contribution in [0.4, 0.5) is 10.1 Å². The van der Waals surface area contributed by atoms with E-state index < -0.39 is 0 Å². The average Bonchev–Trinajstić information content (AvgIpc) is 2.91. The Balaban J connectivity index is 1.34. The van der Waals surface area contributed by atoms with E-state index in [1.165, 1.54) is 11.3 Å². The molecule has 4 rings (SSSR count). The molecule has 0 aliphatic carbocycles. The maximum atomic E-state index is 13.2. The normalized spacial score (nSPS) is 17.1. The van der Waals surface area contributed by atoms with Crippen molar-refractivity contribution in [3.05, 3.63) is 112 Å². The van der Waals surface area contributed by atoms with Gasteiger partial charge in [0.1, 0.15) is 11.5 Å². The van der Waals surface area contributed by atoms with Crippen LogP contribution >= 0.6 is 11.6 Å². The van der Waals surface area contributed by atoms with Crippen LogP contribution < -0.4 is 10.2 Å². The highest BCUT2D eigenvalue weighted by Crippen LogP contribution is 2.31. The van der Waals surface area contributed by atoms with Gasteiger partial charge in [-0.25, -0.2) is 4.39 Å². The fraction of sp³-hybridized carbons (Fsp3) is 0.300. The second kappa shape index (κ2) is 11.6. The number of carbonyl (C=O) groups is 1. The lowest BCUT2D eigenvalue weighted by molar-refractivity contribution is -0.118. The molecule has 0 saturated carbocycles. The van der Waals surface area contributed by atoms with Crippen LogP contribution in [0.5, 0.6) is 0 Å². The molecule has 4 nitrogen and oxygen atoms in total. The third kappa shape index (κ3) is 5.90. The molecule has 0 radical (unpaired) electrons. The number of allylic oxidation sites excluding steroid dienone is 4. The Kier molecular flexibility index (Phi) is 8.32. The largest absolute Gasteiger partial charge is 0.371 e. The molecule has 1 saturated heterocycles. The highest BCUT2D eigenvalue weighted by Gasteiger charge is 2.24. The van der Waals surface area contributed by atoms with E-state index in [1.54, 1.807) is 23.1 Å². The number of nitrogens with zero attached hydrogens (tertiary/aromatic N) is 2. The standard InChI is InChI=1S/C30H33ClFN3O/c1-4-21(2)29(35-17-5-6-28(31)22(35)3)30(36)33-20-23-7-13-27(14-8-23)34-18-15-25(16-19-34)24-9-11-26(32)12-10-24/h5-14,17,25H,3-4,15-16,18-20H2,1-2H3,(H,33,36)/b29-21+. The van der Waals surface area contributed by atoms with E-state index >= 15 is 0 Å². The first-order valence-corrected chi connectivity index (χ1v) is 12.8. The van der Waals surface area contributed by atoms with Crippen LogP contribution in [0.3, 0.4) is 0 Å². The van der Waals surface area contributed by atoms with E-state index in [0.29, 0.717) is 28.9 Å². The molecule has 0 unspecified atom stereocenters. The van der Waals surface area contributed by atoms with E-state index in [4.69, 9.17) is 11.6 Å². The second-order valence-electron chi connectivity index (χ2n) is 9.32. The van der Waals surface area contributed by atoms with Crippen molar-refractivity contribution < 1.29 is 9.18 Å². The predicted molar refractivity (Wildman–Crippen MR) is 146 cm³/mol. The van der Waals surface area contributed by atoms with Crippen molar-refractivity contribution >= 4 is 23.2 Å². The minimum atomic E-state index is -0.185. The minimum absolute atomic E-state index is 0.154. The molecule has 0 atom stereocenters. The van der Waals surface area contributed by atoms with Crippen molar-refractivity contribution in [2.24, 2.45) is 0 Å². The maximum Gasteiger partial charge on any atom is 0.268 e. The van der Waals surface area contributed by atoms with Gasteiger partial charge in [-0.15, -0.1) is 0 Å². The number of hydrogen-bond donors (Lipinski definition) is 1. The Hall–Kier alpha value is -3.31. The Morgan fingerprint density at radius 2 is 1.78 bits per heavy atom. The quantitative estimate of drug-likeness (QED) is 0.412. The van der Waals surface area contributed by atoms with E-state index in [1.807, 2.05) is 38.3 Å². The Morgan fingerprint density at radius 3 is 2.42 bits per heavy atom. The molecule has 1 N–H and O–H groups in total. The molecule has 2 aromatic rings. The first-order valence-electron chi connectivity index (χ1n) is 12.5. The third-order valence-corrected chi connectivity index (χ3v) is 7.37. The third-order valence-electron chi connectivity index (χ3n) is 7.03. The molecule has 2 aliphatic rings. The number of rotatable bonds is 7. The zero-order valence-electron chi connectivity index (χ0n) is 20.9. The Morgan fingerprint density at radius 1 is 1.11 bits per heavy atom. The summed E-state index contributed by atoms with van der Waals surface area (Å²) in [6.45, 7) is 10.4. The van der Waals surface area contributed by atoms with Gasteiger partial charge in [0.2, 0.25) is 0 Å². The van der Waals surface area contributed by atoms with Gasteiger partial charge in [0.05, 0.1) is 10.7 Å². The highest BCUT2D eigenvalue weighted by atomic mass is 35.5. The minimum Gasteiger partial charge on any atom is -0.371 e. The first-order chi connectivity index (χ1) is 17.4. The zero-order valence-corrected chi connectivity index (χ0v) is 21.7.